The number of ether oxygens (including phenoxy) is 4. The molecular formula is C25H32BrNO9. The molecule has 5 atom stereocenters. The lowest BCUT2D eigenvalue weighted by Crippen LogP contribution is -2.52. The molecule has 1 fully saturated rings. The van der Waals surface area contributed by atoms with Gasteiger partial charge in [0.25, 0.3) is 0 Å². The third kappa shape index (κ3) is 6.58. The van der Waals surface area contributed by atoms with Gasteiger partial charge in [0.05, 0.1) is 42.9 Å². The van der Waals surface area contributed by atoms with Crippen molar-refractivity contribution in [2.24, 2.45) is 5.92 Å². The van der Waals surface area contributed by atoms with E-state index < -0.39 is 47.7 Å². The molecule has 2 aliphatic heterocycles. The molecule has 0 unspecified atom stereocenters. The Labute approximate surface area is 218 Å². The van der Waals surface area contributed by atoms with E-state index in [0.717, 1.165) is 10.5 Å². The Morgan fingerprint density at radius 1 is 1.17 bits per heavy atom. The summed E-state index contributed by atoms with van der Waals surface area (Å²) in [5, 5.41) is 19.8. The average molecular weight is 570 g/mol. The topological polar surface area (TPSA) is 132 Å². The molecule has 2 amide bonds. The summed E-state index contributed by atoms with van der Waals surface area (Å²) in [5.41, 5.74) is 0.759. The second-order valence-corrected chi connectivity index (χ2v) is 9.58. The van der Waals surface area contributed by atoms with Crippen LogP contribution in [-0.4, -0.2) is 83.9 Å². The number of amides is 2. The molecule has 3 rings (SSSR count). The van der Waals surface area contributed by atoms with Crippen molar-refractivity contribution in [3.05, 3.63) is 46.5 Å². The van der Waals surface area contributed by atoms with Crippen LogP contribution in [0.4, 0.5) is 4.79 Å². The SMILES string of the molecule is C[C@@H]1[C@H](c2ccccc2)OC(=O)N1C(=O)[C@H](C)[C@@H]1O[C@@](O)(CCCOCCOCCO)C(Br)=CC1=O. The molecule has 0 saturated carbocycles. The van der Waals surface area contributed by atoms with Crippen LogP contribution in [0.3, 0.4) is 0 Å². The van der Waals surface area contributed by atoms with E-state index in [1.807, 2.05) is 30.3 Å². The first kappa shape index (κ1) is 28.4. The Hall–Kier alpha value is -2.15. The molecule has 2 N–H and O–H groups in total. The lowest BCUT2D eigenvalue weighted by molar-refractivity contribution is -0.217. The number of aliphatic hydroxyl groups excluding tert-OH is 1. The van der Waals surface area contributed by atoms with Crippen LogP contribution >= 0.6 is 15.9 Å². The van der Waals surface area contributed by atoms with Crippen molar-refractivity contribution < 1.29 is 43.5 Å². The summed E-state index contributed by atoms with van der Waals surface area (Å²) in [6.45, 7) is 4.35. The number of cyclic esters (lactones) is 1. The Kier molecular flexibility index (Phi) is 10.2. The number of carbonyl (C=O) groups is 3. The highest BCUT2D eigenvalue weighted by molar-refractivity contribution is 9.11. The van der Waals surface area contributed by atoms with E-state index in [1.54, 1.807) is 6.92 Å². The zero-order chi connectivity index (χ0) is 26.3. The number of ketones is 1. The Balaban J connectivity index is 1.61. The zero-order valence-corrected chi connectivity index (χ0v) is 21.9. The monoisotopic (exact) mass is 569 g/mol. The Bertz CT molecular complexity index is 956. The van der Waals surface area contributed by atoms with Gasteiger partial charge >= 0.3 is 6.09 Å². The van der Waals surface area contributed by atoms with E-state index in [-0.39, 0.29) is 24.1 Å². The van der Waals surface area contributed by atoms with Crippen LogP contribution in [0.2, 0.25) is 0 Å². The Morgan fingerprint density at radius 2 is 1.83 bits per heavy atom. The molecule has 1 saturated heterocycles. The fourth-order valence-electron chi connectivity index (χ4n) is 4.17. The van der Waals surface area contributed by atoms with Crippen molar-refractivity contribution in [2.45, 2.75) is 50.7 Å². The van der Waals surface area contributed by atoms with Crippen molar-refractivity contribution in [2.75, 3.05) is 33.0 Å². The highest BCUT2D eigenvalue weighted by Crippen LogP contribution is 2.38. The van der Waals surface area contributed by atoms with Gasteiger partial charge in [-0.05, 0) is 40.9 Å². The van der Waals surface area contributed by atoms with E-state index >= 15 is 0 Å². The molecule has 0 spiro atoms. The third-order valence-electron chi connectivity index (χ3n) is 6.14. The molecule has 10 nitrogen and oxygen atoms in total. The summed E-state index contributed by atoms with van der Waals surface area (Å²) >= 11 is 3.21. The third-order valence-corrected chi connectivity index (χ3v) is 6.98. The minimum Gasteiger partial charge on any atom is -0.439 e. The molecule has 0 bridgehead atoms. The van der Waals surface area contributed by atoms with Gasteiger partial charge in [0, 0.05) is 13.0 Å². The summed E-state index contributed by atoms with van der Waals surface area (Å²) in [6, 6.07) is 8.52. The number of hydrogen-bond acceptors (Lipinski definition) is 9. The van der Waals surface area contributed by atoms with E-state index in [1.165, 1.54) is 13.0 Å². The van der Waals surface area contributed by atoms with Gasteiger partial charge < -0.3 is 29.2 Å². The predicted molar refractivity (Wildman–Crippen MR) is 131 cm³/mol. The van der Waals surface area contributed by atoms with Crippen LogP contribution in [0.5, 0.6) is 0 Å². The Morgan fingerprint density at radius 3 is 2.50 bits per heavy atom. The van der Waals surface area contributed by atoms with Gasteiger partial charge in [-0.15, -0.1) is 0 Å². The minimum absolute atomic E-state index is 0.0585. The molecule has 2 heterocycles. The first-order valence-electron chi connectivity index (χ1n) is 11.9. The fraction of sp³-hybridized carbons (Fsp3) is 0.560. The quantitative estimate of drug-likeness (QED) is 0.364. The maximum atomic E-state index is 13.3. The van der Waals surface area contributed by atoms with E-state index in [4.69, 9.17) is 24.1 Å². The van der Waals surface area contributed by atoms with Gasteiger partial charge in [-0.25, -0.2) is 9.69 Å². The maximum Gasteiger partial charge on any atom is 0.417 e. The second kappa shape index (κ2) is 12.9. The molecule has 11 heteroatoms. The summed E-state index contributed by atoms with van der Waals surface area (Å²) in [7, 11) is 0. The van der Waals surface area contributed by atoms with E-state index in [9.17, 15) is 19.5 Å². The number of nitrogens with zero attached hydrogens (tertiary/aromatic N) is 1. The molecule has 0 aliphatic carbocycles. The molecule has 0 radical (unpaired) electrons. The van der Waals surface area contributed by atoms with Crippen LogP contribution in [0.1, 0.15) is 38.4 Å². The summed E-state index contributed by atoms with van der Waals surface area (Å²) < 4.78 is 21.9. The normalized spacial score (nSPS) is 27.1. The van der Waals surface area contributed by atoms with Gasteiger partial charge in [0.1, 0.15) is 12.2 Å². The van der Waals surface area contributed by atoms with Crippen molar-refractivity contribution in [3.63, 3.8) is 0 Å². The molecule has 1 aromatic rings. The van der Waals surface area contributed by atoms with E-state index in [0.29, 0.717) is 26.2 Å². The van der Waals surface area contributed by atoms with E-state index in [2.05, 4.69) is 15.9 Å². The van der Waals surface area contributed by atoms with Crippen molar-refractivity contribution in [3.8, 4) is 0 Å². The largest absolute Gasteiger partial charge is 0.439 e. The number of rotatable bonds is 12. The standard InChI is InChI=1S/C25H32BrNO9/c1-16(23(30)27-17(2)22(35-24(27)31)18-7-4-3-5-8-18)21-19(29)15-20(26)25(32,36-21)9-6-11-33-13-14-34-12-10-28/h3-5,7-8,15-17,21-22,28,32H,6,9-14H2,1-2H3/t16-,17-,21+,22-,25+/m1/s1. The van der Waals surface area contributed by atoms with Crippen molar-refractivity contribution >= 4 is 33.7 Å². The molecule has 0 aromatic heterocycles. The number of aliphatic hydroxyl groups is 2. The predicted octanol–water partition coefficient (Wildman–Crippen LogP) is 2.47. The number of carbonyl (C=O) groups excluding carboxylic acids is 3. The number of imide groups is 1. The summed E-state index contributed by atoms with van der Waals surface area (Å²) in [5.74, 6) is -3.99. The minimum atomic E-state index is -1.83. The first-order valence-corrected chi connectivity index (χ1v) is 12.7. The first-order chi connectivity index (χ1) is 17.2. The van der Waals surface area contributed by atoms with Crippen LogP contribution in [0.25, 0.3) is 0 Å². The smallest absolute Gasteiger partial charge is 0.417 e. The van der Waals surface area contributed by atoms with Gasteiger partial charge in [0.2, 0.25) is 5.91 Å². The van der Waals surface area contributed by atoms with Crippen molar-refractivity contribution in [1.82, 2.24) is 4.90 Å². The highest BCUT2D eigenvalue weighted by Gasteiger charge is 2.49. The van der Waals surface area contributed by atoms with Crippen LogP contribution in [0.15, 0.2) is 40.9 Å². The van der Waals surface area contributed by atoms with Crippen LogP contribution in [0, 0.1) is 5.92 Å². The summed E-state index contributed by atoms with van der Waals surface area (Å²) in [6.07, 6.45) is -0.990. The lowest BCUT2D eigenvalue weighted by atomic mass is 9.93. The maximum absolute atomic E-state index is 13.3. The number of hydrogen-bond donors (Lipinski definition) is 2. The fourth-order valence-corrected chi connectivity index (χ4v) is 4.68. The van der Waals surface area contributed by atoms with Gasteiger partial charge in [-0.3, -0.25) is 9.59 Å². The van der Waals surface area contributed by atoms with Crippen LogP contribution in [-0.2, 0) is 28.5 Å². The molecular weight excluding hydrogens is 538 g/mol. The highest BCUT2D eigenvalue weighted by atomic mass is 79.9. The van der Waals surface area contributed by atoms with Gasteiger partial charge in [-0.1, -0.05) is 37.3 Å². The number of benzene rings is 1. The molecule has 198 valence electrons. The lowest BCUT2D eigenvalue weighted by Gasteiger charge is -2.37. The van der Waals surface area contributed by atoms with Crippen LogP contribution < -0.4 is 0 Å². The summed E-state index contributed by atoms with van der Waals surface area (Å²) in [4.78, 5) is 39.6. The molecule has 1 aromatic carbocycles. The second-order valence-electron chi connectivity index (χ2n) is 8.72. The molecule has 36 heavy (non-hydrogen) atoms. The zero-order valence-electron chi connectivity index (χ0n) is 20.3. The number of halogens is 1. The van der Waals surface area contributed by atoms with Gasteiger partial charge in [-0.2, -0.15) is 0 Å². The average Bonchev–Trinajstić information content (AvgIpc) is 3.16. The van der Waals surface area contributed by atoms with Crippen molar-refractivity contribution in [1.29, 1.82) is 0 Å². The van der Waals surface area contributed by atoms with Gasteiger partial charge in [0.15, 0.2) is 11.6 Å². The molecule has 2 aliphatic rings.